The van der Waals surface area contributed by atoms with Gasteiger partial charge in [0.2, 0.25) is 0 Å². The van der Waals surface area contributed by atoms with E-state index in [4.69, 9.17) is 37.0 Å². The third-order valence-electron chi connectivity index (χ3n) is 17.5. The molecule has 0 saturated carbocycles. The van der Waals surface area contributed by atoms with Gasteiger partial charge in [-0.1, -0.05) is 325 Å². The summed E-state index contributed by atoms with van der Waals surface area (Å²) < 4.78 is 68.4. The number of esters is 4. The first kappa shape index (κ1) is 91.1. The lowest BCUT2D eigenvalue weighted by molar-refractivity contribution is -0.161. The number of unbranched alkanes of at least 4 members (excludes halogenated alkanes) is 39. The van der Waals surface area contributed by atoms with Crippen molar-refractivity contribution >= 4 is 39.5 Å². The summed E-state index contributed by atoms with van der Waals surface area (Å²) >= 11 is 0. The van der Waals surface area contributed by atoms with E-state index >= 15 is 0 Å². The van der Waals surface area contributed by atoms with Crippen molar-refractivity contribution in [3.8, 4) is 0 Å². The molecule has 0 spiro atoms. The zero-order chi connectivity index (χ0) is 68.7. The van der Waals surface area contributed by atoms with Crippen LogP contribution in [0.15, 0.2) is 0 Å². The number of phosphoric acid groups is 2. The summed E-state index contributed by atoms with van der Waals surface area (Å²) in [4.78, 5) is 72.6. The lowest BCUT2D eigenvalue weighted by atomic mass is 10.00. The Morgan fingerprint density at radius 2 is 0.548 bits per heavy atom. The number of ether oxygens (including phenoxy) is 4. The van der Waals surface area contributed by atoms with Gasteiger partial charge in [-0.2, -0.15) is 0 Å². The Balaban J connectivity index is 5.22. The molecule has 0 radical (unpaired) electrons. The van der Waals surface area contributed by atoms with E-state index in [9.17, 15) is 43.2 Å². The molecule has 19 heteroatoms. The van der Waals surface area contributed by atoms with Gasteiger partial charge in [-0.25, -0.2) is 9.13 Å². The second-order valence-corrected chi connectivity index (χ2v) is 30.8. The number of phosphoric ester groups is 2. The molecule has 0 aromatic carbocycles. The minimum atomic E-state index is -4.96. The fraction of sp³-hybridized carbons (Fsp3) is 0.946. The number of hydrogen-bond donors (Lipinski definition) is 3. The Kier molecular flexibility index (Phi) is 63.4. The normalized spacial score (nSPS) is 14.4. The molecule has 0 rings (SSSR count). The van der Waals surface area contributed by atoms with Crippen molar-refractivity contribution in [3.63, 3.8) is 0 Å². The van der Waals surface area contributed by atoms with Crippen LogP contribution >= 0.6 is 15.6 Å². The first-order valence-electron chi connectivity index (χ1n) is 38.4. The molecular weight excluding hydrogens is 1220 g/mol. The highest BCUT2D eigenvalue weighted by atomic mass is 31.2. The van der Waals surface area contributed by atoms with Gasteiger partial charge in [0.15, 0.2) is 12.2 Å². The predicted molar refractivity (Wildman–Crippen MR) is 377 cm³/mol. The highest BCUT2D eigenvalue weighted by molar-refractivity contribution is 7.47. The molecule has 6 atom stereocenters. The molecule has 3 N–H and O–H groups in total. The molecular formula is C74H144O17P2. The van der Waals surface area contributed by atoms with Crippen LogP contribution < -0.4 is 0 Å². The number of rotatable bonds is 72. The summed E-state index contributed by atoms with van der Waals surface area (Å²) in [6.45, 7) is 11.8. The van der Waals surface area contributed by atoms with Gasteiger partial charge in [0.25, 0.3) is 0 Å². The van der Waals surface area contributed by atoms with Crippen molar-refractivity contribution in [2.75, 3.05) is 39.6 Å². The minimum absolute atomic E-state index is 0.102. The Labute approximate surface area is 568 Å². The lowest BCUT2D eigenvalue weighted by Gasteiger charge is -2.21. The van der Waals surface area contributed by atoms with Crippen molar-refractivity contribution in [1.82, 2.24) is 0 Å². The molecule has 3 unspecified atom stereocenters. The highest BCUT2D eigenvalue weighted by Crippen LogP contribution is 2.45. The monoisotopic (exact) mass is 1370 g/mol. The number of aliphatic hydroxyl groups is 1. The van der Waals surface area contributed by atoms with Gasteiger partial charge in [-0.15, -0.1) is 0 Å². The third-order valence-corrected chi connectivity index (χ3v) is 19.4. The maximum Gasteiger partial charge on any atom is 0.472 e. The van der Waals surface area contributed by atoms with Crippen LogP contribution in [0.5, 0.6) is 0 Å². The van der Waals surface area contributed by atoms with Crippen LogP contribution in [-0.2, 0) is 65.4 Å². The van der Waals surface area contributed by atoms with Crippen molar-refractivity contribution in [2.24, 2.45) is 17.8 Å². The smallest absolute Gasteiger partial charge is 0.462 e. The Bertz CT molecular complexity index is 1820. The Morgan fingerprint density at radius 1 is 0.312 bits per heavy atom. The predicted octanol–water partition coefficient (Wildman–Crippen LogP) is 21.4. The first-order chi connectivity index (χ1) is 44.8. The molecule has 0 aliphatic heterocycles. The fourth-order valence-corrected chi connectivity index (χ4v) is 12.8. The maximum absolute atomic E-state index is 13.1. The van der Waals surface area contributed by atoms with E-state index in [1.807, 2.05) is 0 Å². The summed E-state index contributed by atoms with van der Waals surface area (Å²) in [7, 11) is -9.91. The van der Waals surface area contributed by atoms with E-state index in [0.717, 1.165) is 108 Å². The summed E-state index contributed by atoms with van der Waals surface area (Å²) in [6.07, 6.45) is 50.2. The molecule has 0 amide bonds. The van der Waals surface area contributed by atoms with Gasteiger partial charge in [0, 0.05) is 25.7 Å². The van der Waals surface area contributed by atoms with E-state index in [1.54, 1.807) is 0 Å². The second-order valence-electron chi connectivity index (χ2n) is 27.9. The third kappa shape index (κ3) is 67.0. The van der Waals surface area contributed by atoms with Crippen LogP contribution in [-0.4, -0.2) is 96.7 Å². The quantitative estimate of drug-likeness (QED) is 0.0222. The molecule has 0 fully saturated rings. The number of carbonyl (C=O) groups is 4. The summed E-state index contributed by atoms with van der Waals surface area (Å²) in [5.41, 5.74) is 0. The minimum Gasteiger partial charge on any atom is -0.462 e. The average molecular weight is 1370 g/mol. The molecule has 0 saturated heterocycles. The summed E-state index contributed by atoms with van der Waals surface area (Å²) in [5.74, 6) is 0.0651. The Morgan fingerprint density at radius 3 is 0.817 bits per heavy atom. The average Bonchev–Trinajstić information content (AvgIpc) is 2.14. The second kappa shape index (κ2) is 64.7. The van der Waals surface area contributed by atoms with Crippen molar-refractivity contribution in [3.05, 3.63) is 0 Å². The number of carbonyl (C=O) groups excluding carboxylic acids is 4. The van der Waals surface area contributed by atoms with E-state index in [0.29, 0.717) is 31.6 Å². The van der Waals surface area contributed by atoms with Gasteiger partial charge >= 0.3 is 39.5 Å². The van der Waals surface area contributed by atoms with Crippen molar-refractivity contribution in [1.29, 1.82) is 0 Å². The van der Waals surface area contributed by atoms with Crippen molar-refractivity contribution < 1.29 is 80.2 Å². The molecule has 552 valence electrons. The van der Waals surface area contributed by atoms with E-state index < -0.39 is 97.5 Å². The van der Waals surface area contributed by atoms with E-state index in [-0.39, 0.29) is 25.7 Å². The molecule has 0 aromatic heterocycles. The van der Waals surface area contributed by atoms with Gasteiger partial charge in [-0.3, -0.25) is 37.3 Å². The molecule has 17 nitrogen and oxygen atoms in total. The van der Waals surface area contributed by atoms with E-state index in [2.05, 4.69) is 48.5 Å². The SMILES string of the molecule is CCCCCCCCCCCCCCCCCCCCC(=O)O[C@H](COC(=O)CCCCCCCCCCCCCCCC(C)C)COP(=O)(O)OC[C@@H](O)COP(=O)(O)OC[C@@H](COC(=O)CCCCCCCCC(C)C)OC(=O)CCCCCCCCC(C)CC. The van der Waals surface area contributed by atoms with Gasteiger partial charge < -0.3 is 33.8 Å². The van der Waals surface area contributed by atoms with Crippen LogP contribution in [0.1, 0.15) is 376 Å². The maximum atomic E-state index is 13.1. The lowest BCUT2D eigenvalue weighted by Crippen LogP contribution is -2.30. The highest BCUT2D eigenvalue weighted by Gasteiger charge is 2.30. The largest absolute Gasteiger partial charge is 0.472 e. The first-order valence-corrected chi connectivity index (χ1v) is 41.4. The topological polar surface area (TPSA) is 237 Å². The molecule has 93 heavy (non-hydrogen) atoms. The standard InChI is InChI=1S/C74H144O17P2/c1-8-10-11-12-13-14-15-16-17-18-19-20-23-27-30-33-43-50-57-73(78)90-69(61-84-71(76)55-48-41-32-29-26-24-21-22-25-28-31-38-45-52-65(3)4)63-88-92(80,81)86-59-68(75)60-87-93(82,83)89-64-70(62-85-72(77)56-49-42-36-34-39-46-53-66(5)6)91-74(79)58-51-44-37-35-40-47-54-67(7)9-2/h65-70,75H,8-64H2,1-7H3,(H,80,81)(H,82,83)/t67?,68-,69-,70-/m1/s1. The van der Waals surface area contributed by atoms with Crippen molar-refractivity contribution in [2.45, 2.75) is 394 Å². The van der Waals surface area contributed by atoms with Crippen LogP contribution in [0, 0.1) is 17.8 Å². The molecule has 0 heterocycles. The summed E-state index contributed by atoms with van der Waals surface area (Å²) in [5, 5.41) is 10.6. The Hall–Kier alpha value is -1.94. The van der Waals surface area contributed by atoms with Gasteiger partial charge in [-0.05, 0) is 43.4 Å². The summed E-state index contributed by atoms with van der Waals surface area (Å²) in [6, 6.07) is 0. The van der Waals surface area contributed by atoms with E-state index in [1.165, 1.54) is 180 Å². The zero-order valence-electron chi connectivity index (χ0n) is 60.7. The van der Waals surface area contributed by atoms with Gasteiger partial charge in [0.05, 0.1) is 26.4 Å². The molecule has 0 bridgehead atoms. The molecule has 0 aliphatic rings. The van der Waals surface area contributed by atoms with Crippen LogP contribution in [0.3, 0.4) is 0 Å². The zero-order valence-corrected chi connectivity index (χ0v) is 62.5. The molecule has 0 aliphatic carbocycles. The fourth-order valence-electron chi connectivity index (χ4n) is 11.2. The number of hydrogen-bond acceptors (Lipinski definition) is 15. The molecule has 0 aromatic rings. The van der Waals surface area contributed by atoms with Crippen LogP contribution in [0.2, 0.25) is 0 Å². The van der Waals surface area contributed by atoms with Crippen LogP contribution in [0.4, 0.5) is 0 Å². The van der Waals surface area contributed by atoms with Gasteiger partial charge in [0.1, 0.15) is 19.3 Å². The van der Waals surface area contributed by atoms with Crippen LogP contribution in [0.25, 0.3) is 0 Å². The number of aliphatic hydroxyl groups excluding tert-OH is 1.